The number of carbonyl (C=O) groups excluding carboxylic acids is 1. The topological polar surface area (TPSA) is 133 Å². The molecule has 8 nitrogen and oxygen atoms in total. The highest BCUT2D eigenvalue weighted by Gasteiger charge is 2.17. The minimum absolute atomic E-state index is 0.00131. The Morgan fingerprint density at radius 1 is 1.06 bits per heavy atom. The third kappa shape index (κ3) is 4.04. The largest absolute Gasteiger partial charge is 0.383 e. The summed E-state index contributed by atoms with van der Waals surface area (Å²) in [6.45, 7) is 0. The summed E-state index contributed by atoms with van der Waals surface area (Å²) in [6.07, 6.45) is 1.83. The number of fused-ring (bicyclic) bond motifs is 1. The molecule has 1 amide bonds. The summed E-state index contributed by atoms with van der Waals surface area (Å²) in [5, 5.41) is 21.6. The third-order valence-electron chi connectivity index (χ3n) is 4.43. The molecule has 0 saturated carbocycles. The van der Waals surface area contributed by atoms with Gasteiger partial charge in [0.05, 0.1) is 16.9 Å². The predicted molar refractivity (Wildman–Crippen MR) is 118 cm³/mol. The molecule has 3 heterocycles. The number of thioether (sulfide) groups is 1. The Morgan fingerprint density at radius 2 is 1.81 bits per heavy atom. The fraction of sp³-hybridized carbons (Fsp3) is 0.0455. The van der Waals surface area contributed by atoms with Crippen molar-refractivity contribution in [1.82, 2.24) is 14.4 Å². The molecule has 0 bridgehead atoms. The number of nitrogens with two attached hydrogens (primary N) is 1. The molecular weight excluding hydrogens is 410 g/mol. The molecule has 31 heavy (non-hydrogen) atoms. The van der Waals surface area contributed by atoms with Gasteiger partial charge in [0.1, 0.15) is 40.1 Å². The number of anilines is 2. The van der Waals surface area contributed by atoms with Crippen LogP contribution in [0.1, 0.15) is 11.1 Å². The van der Waals surface area contributed by atoms with E-state index in [2.05, 4.69) is 15.3 Å². The summed E-state index contributed by atoms with van der Waals surface area (Å²) in [5.41, 5.74) is 8.31. The van der Waals surface area contributed by atoms with E-state index in [1.807, 2.05) is 71.3 Å². The Labute approximate surface area is 182 Å². The Kier molecular flexibility index (Phi) is 5.52. The van der Waals surface area contributed by atoms with Crippen LogP contribution in [0.4, 0.5) is 11.6 Å². The van der Waals surface area contributed by atoms with Crippen LogP contribution in [0.25, 0.3) is 16.9 Å². The van der Waals surface area contributed by atoms with E-state index in [9.17, 15) is 10.1 Å². The van der Waals surface area contributed by atoms with E-state index >= 15 is 0 Å². The summed E-state index contributed by atoms with van der Waals surface area (Å²) in [5.74, 6) is 0.292. The van der Waals surface area contributed by atoms with Gasteiger partial charge in [0.2, 0.25) is 5.91 Å². The number of nitrogens with one attached hydrogen (secondary N) is 1. The molecule has 3 aromatic heterocycles. The summed E-state index contributed by atoms with van der Waals surface area (Å²) < 4.78 is 1.81. The molecule has 4 rings (SSSR count). The average Bonchev–Trinajstić information content (AvgIpc) is 3.16. The van der Waals surface area contributed by atoms with Crippen LogP contribution in [-0.2, 0) is 4.79 Å². The van der Waals surface area contributed by atoms with Gasteiger partial charge < -0.3 is 11.1 Å². The van der Waals surface area contributed by atoms with E-state index in [-0.39, 0.29) is 28.6 Å². The molecule has 0 fully saturated rings. The van der Waals surface area contributed by atoms with E-state index in [0.29, 0.717) is 22.2 Å². The number of aromatic nitrogens is 3. The molecule has 150 valence electrons. The minimum atomic E-state index is -0.290. The number of nitriles is 2. The van der Waals surface area contributed by atoms with Crippen molar-refractivity contribution in [2.45, 2.75) is 5.03 Å². The highest BCUT2D eigenvalue weighted by atomic mass is 32.2. The predicted octanol–water partition coefficient (Wildman–Crippen LogP) is 3.45. The smallest absolute Gasteiger partial charge is 0.235 e. The van der Waals surface area contributed by atoms with Gasteiger partial charge in [-0.2, -0.15) is 10.5 Å². The number of amides is 1. The van der Waals surface area contributed by atoms with Crippen LogP contribution in [0.5, 0.6) is 0 Å². The number of benzene rings is 1. The van der Waals surface area contributed by atoms with Crippen LogP contribution in [0, 0.1) is 22.7 Å². The van der Waals surface area contributed by atoms with Gasteiger partial charge in [0, 0.05) is 11.8 Å². The number of imidazole rings is 1. The van der Waals surface area contributed by atoms with Gasteiger partial charge in [-0.3, -0.25) is 9.20 Å². The fourth-order valence-corrected chi connectivity index (χ4v) is 3.77. The maximum Gasteiger partial charge on any atom is 0.235 e. The first-order valence-electron chi connectivity index (χ1n) is 9.16. The van der Waals surface area contributed by atoms with Crippen molar-refractivity contribution < 1.29 is 4.79 Å². The van der Waals surface area contributed by atoms with Crippen molar-refractivity contribution >= 4 is 35.0 Å². The molecule has 0 atom stereocenters. The van der Waals surface area contributed by atoms with E-state index in [0.717, 1.165) is 17.3 Å². The molecule has 9 heteroatoms. The Balaban J connectivity index is 1.60. The number of nitrogens with zero attached hydrogens (tertiary/aromatic N) is 5. The lowest BCUT2D eigenvalue weighted by molar-refractivity contribution is -0.113. The quantitative estimate of drug-likeness (QED) is 0.468. The van der Waals surface area contributed by atoms with Gasteiger partial charge in [-0.05, 0) is 18.2 Å². The van der Waals surface area contributed by atoms with Crippen molar-refractivity contribution in [1.29, 1.82) is 10.5 Å². The van der Waals surface area contributed by atoms with E-state index < -0.39 is 0 Å². The zero-order valence-electron chi connectivity index (χ0n) is 16.1. The van der Waals surface area contributed by atoms with Crippen molar-refractivity contribution in [3.63, 3.8) is 0 Å². The van der Waals surface area contributed by atoms with Crippen molar-refractivity contribution in [2.75, 3.05) is 16.8 Å². The summed E-state index contributed by atoms with van der Waals surface area (Å²) >= 11 is 1.08. The lowest BCUT2D eigenvalue weighted by Crippen LogP contribution is -2.16. The molecule has 1 aromatic carbocycles. The number of pyridine rings is 2. The molecular formula is C22H15N7OS. The van der Waals surface area contributed by atoms with Gasteiger partial charge in [-0.1, -0.05) is 48.2 Å². The molecule has 0 aliphatic rings. The average molecular weight is 425 g/mol. The highest BCUT2D eigenvalue weighted by Crippen LogP contribution is 2.29. The van der Waals surface area contributed by atoms with Crippen LogP contribution in [0.2, 0.25) is 0 Å². The molecule has 0 radical (unpaired) electrons. The maximum atomic E-state index is 12.8. The molecule has 0 saturated heterocycles. The first-order valence-corrected chi connectivity index (χ1v) is 10.1. The number of hydrogen-bond donors (Lipinski definition) is 2. The zero-order chi connectivity index (χ0) is 21.8. The molecule has 0 aliphatic heterocycles. The number of hydrogen-bond acceptors (Lipinski definition) is 7. The standard InChI is InChI=1S/C22H15N7OS/c23-11-15-10-16(12-24)22(28-20(15)25)31-13-18(30)27-21-19(14-6-2-1-3-7-14)26-17-8-4-5-9-29(17)21/h1-10H,13H2,(H2,25,28)(H,27,30). The Morgan fingerprint density at radius 3 is 2.55 bits per heavy atom. The van der Waals surface area contributed by atoms with Crippen LogP contribution >= 0.6 is 11.8 Å². The maximum absolute atomic E-state index is 12.8. The molecule has 0 aliphatic carbocycles. The van der Waals surface area contributed by atoms with Crippen LogP contribution in [0.15, 0.2) is 65.8 Å². The van der Waals surface area contributed by atoms with Gasteiger partial charge >= 0.3 is 0 Å². The number of nitrogen functional groups attached to an aromatic ring is 1. The van der Waals surface area contributed by atoms with Gasteiger partial charge in [-0.25, -0.2) is 9.97 Å². The summed E-state index contributed by atoms with van der Waals surface area (Å²) in [4.78, 5) is 21.5. The first-order chi connectivity index (χ1) is 15.1. The Bertz CT molecular complexity index is 1370. The van der Waals surface area contributed by atoms with Gasteiger partial charge in [0.25, 0.3) is 0 Å². The number of rotatable bonds is 5. The molecule has 3 N–H and O–H groups in total. The van der Waals surface area contributed by atoms with Gasteiger partial charge in [0.15, 0.2) is 0 Å². The zero-order valence-corrected chi connectivity index (χ0v) is 16.9. The summed E-state index contributed by atoms with van der Waals surface area (Å²) in [7, 11) is 0. The first kappa shape index (κ1) is 20.0. The minimum Gasteiger partial charge on any atom is -0.383 e. The SMILES string of the molecule is N#Cc1cc(C#N)c(SCC(=O)Nc2c(-c3ccccc3)nc3ccccn23)nc1N. The molecule has 4 aromatic rings. The Hall–Kier alpha value is -4.34. The fourth-order valence-electron chi connectivity index (χ4n) is 3.00. The van der Waals surface area contributed by atoms with E-state index in [1.54, 1.807) is 0 Å². The number of carbonyl (C=O) groups is 1. The molecule has 0 spiro atoms. The second-order valence-electron chi connectivity index (χ2n) is 6.44. The van der Waals surface area contributed by atoms with Crippen LogP contribution in [0.3, 0.4) is 0 Å². The lowest BCUT2D eigenvalue weighted by Gasteiger charge is -2.09. The van der Waals surface area contributed by atoms with Crippen molar-refractivity contribution in [3.8, 4) is 23.4 Å². The van der Waals surface area contributed by atoms with Crippen LogP contribution < -0.4 is 11.1 Å². The van der Waals surface area contributed by atoms with E-state index in [1.165, 1.54) is 6.07 Å². The van der Waals surface area contributed by atoms with Crippen LogP contribution in [-0.4, -0.2) is 26.0 Å². The second-order valence-corrected chi connectivity index (χ2v) is 7.40. The monoisotopic (exact) mass is 425 g/mol. The summed E-state index contributed by atoms with van der Waals surface area (Å²) in [6, 6.07) is 20.4. The van der Waals surface area contributed by atoms with Crippen molar-refractivity contribution in [3.05, 3.63) is 71.9 Å². The van der Waals surface area contributed by atoms with Gasteiger partial charge in [-0.15, -0.1) is 0 Å². The highest BCUT2D eigenvalue weighted by molar-refractivity contribution is 8.00. The van der Waals surface area contributed by atoms with Crippen molar-refractivity contribution in [2.24, 2.45) is 0 Å². The normalized spacial score (nSPS) is 10.4. The van der Waals surface area contributed by atoms with E-state index in [4.69, 9.17) is 11.0 Å². The second kappa shape index (κ2) is 8.57. The molecule has 0 unspecified atom stereocenters. The lowest BCUT2D eigenvalue weighted by atomic mass is 10.1. The third-order valence-corrected chi connectivity index (χ3v) is 5.42.